The van der Waals surface area contributed by atoms with Crippen molar-refractivity contribution >= 4 is 17.4 Å². The van der Waals surface area contributed by atoms with Crippen molar-refractivity contribution in [2.24, 2.45) is 0 Å². The number of aryl methyl sites for hydroxylation is 2. The fourth-order valence-corrected chi connectivity index (χ4v) is 2.83. The van der Waals surface area contributed by atoms with Gasteiger partial charge in [0, 0.05) is 29.9 Å². The number of nitrogens with one attached hydrogen (secondary N) is 1. The summed E-state index contributed by atoms with van der Waals surface area (Å²) in [5.74, 6) is 0.842. The Balaban J connectivity index is 2.03. The predicted molar refractivity (Wildman–Crippen MR) is 81.7 cm³/mol. The van der Waals surface area contributed by atoms with Crippen LogP contribution in [0.4, 0.5) is 5.69 Å². The van der Waals surface area contributed by atoms with E-state index in [4.69, 9.17) is 0 Å². The quantitative estimate of drug-likeness (QED) is 0.840. The Hall–Kier alpha value is -1.55. The van der Waals surface area contributed by atoms with E-state index >= 15 is 0 Å². The minimum Gasteiger partial charge on any atom is -0.385 e. The number of pyridine rings is 2. The lowest BCUT2D eigenvalue weighted by Gasteiger charge is -2.06. The smallest absolute Gasteiger partial charge is 0.0969 e. The van der Waals surface area contributed by atoms with Crippen LogP contribution < -0.4 is 5.32 Å². The highest BCUT2D eigenvalue weighted by molar-refractivity contribution is 7.98. The standard InChI is InChI=1S/C15H19N3S/c1-4-16-13-5-6-17-14(9-13)10-19-15-8-11(2)7-12(3)18-15/h5-9H,4,10H2,1-3H3,(H,16,17). The molecule has 0 aromatic carbocycles. The molecule has 100 valence electrons. The van der Waals surface area contributed by atoms with Gasteiger partial charge in [-0.05, 0) is 50.6 Å². The first-order valence-electron chi connectivity index (χ1n) is 6.44. The van der Waals surface area contributed by atoms with Crippen molar-refractivity contribution in [2.75, 3.05) is 11.9 Å². The van der Waals surface area contributed by atoms with Gasteiger partial charge in [0.25, 0.3) is 0 Å². The van der Waals surface area contributed by atoms with Gasteiger partial charge in [-0.15, -0.1) is 11.8 Å². The molecule has 2 aromatic rings. The molecule has 2 rings (SSSR count). The summed E-state index contributed by atoms with van der Waals surface area (Å²) in [6.07, 6.45) is 1.85. The molecular weight excluding hydrogens is 254 g/mol. The van der Waals surface area contributed by atoms with Crippen LogP contribution in [-0.2, 0) is 5.75 Å². The third kappa shape index (κ3) is 4.24. The minimum atomic E-state index is 0.842. The summed E-state index contributed by atoms with van der Waals surface area (Å²) in [6.45, 7) is 7.15. The van der Waals surface area contributed by atoms with Crippen molar-refractivity contribution < 1.29 is 0 Å². The third-order valence-corrected chi connectivity index (χ3v) is 3.58. The summed E-state index contributed by atoms with van der Waals surface area (Å²) in [4.78, 5) is 8.92. The van der Waals surface area contributed by atoms with Gasteiger partial charge in [0.1, 0.15) is 0 Å². The monoisotopic (exact) mass is 273 g/mol. The lowest BCUT2D eigenvalue weighted by atomic mass is 10.3. The van der Waals surface area contributed by atoms with Gasteiger partial charge in [-0.2, -0.15) is 0 Å². The molecule has 2 aromatic heterocycles. The molecule has 0 radical (unpaired) electrons. The highest BCUT2D eigenvalue weighted by Gasteiger charge is 2.02. The first-order chi connectivity index (χ1) is 9.17. The summed E-state index contributed by atoms with van der Waals surface area (Å²) in [7, 11) is 0. The topological polar surface area (TPSA) is 37.8 Å². The number of rotatable bonds is 5. The molecule has 4 heteroatoms. The molecule has 3 nitrogen and oxygen atoms in total. The van der Waals surface area contributed by atoms with Gasteiger partial charge in [-0.3, -0.25) is 4.98 Å². The Bertz CT molecular complexity index is 535. The predicted octanol–water partition coefficient (Wildman–Crippen LogP) is 3.82. The number of hydrogen-bond donors (Lipinski definition) is 1. The summed E-state index contributed by atoms with van der Waals surface area (Å²) in [5.41, 5.74) is 4.52. The summed E-state index contributed by atoms with van der Waals surface area (Å²) in [5, 5.41) is 4.36. The van der Waals surface area contributed by atoms with Gasteiger partial charge in [0.2, 0.25) is 0 Å². The second-order valence-corrected chi connectivity index (χ2v) is 5.47. The average molecular weight is 273 g/mol. The average Bonchev–Trinajstić information content (AvgIpc) is 2.36. The molecule has 0 aliphatic rings. The Labute approximate surface area is 118 Å². The van der Waals surface area contributed by atoms with Crippen LogP contribution in [0.5, 0.6) is 0 Å². The fourth-order valence-electron chi connectivity index (χ4n) is 1.90. The lowest BCUT2D eigenvalue weighted by molar-refractivity contribution is 1.04. The van der Waals surface area contributed by atoms with Gasteiger partial charge >= 0.3 is 0 Å². The Morgan fingerprint density at radius 3 is 2.79 bits per heavy atom. The van der Waals surface area contributed by atoms with Crippen LogP contribution in [0.1, 0.15) is 23.9 Å². The number of hydrogen-bond acceptors (Lipinski definition) is 4. The van der Waals surface area contributed by atoms with E-state index in [0.717, 1.165) is 34.4 Å². The molecule has 0 aliphatic heterocycles. The molecule has 0 atom stereocenters. The normalized spacial score (nSPS) is 10.5. The number of aromatic nitrogens is 2. The largest absolute Gasteiger partial charge is 0.385 e. The minimum absolute atomic E-state index is 0.842. The molecule has 0 unspecified atom stereocenters. The summed E-state index contributed by atoms with van der Waals surface area (Å²) >= 11 is 1.73. The number of thioether (sulfide) groups is 1. The fraction of sp³-hybridized carbons (Fsp3) is 0.333. The van der Waals surface area contributed by atoms with Gasteiger partial charge < -0.3 is 5.32 Å². The van der Waals surface area contributed by atoms with E-state index in [-0.39, 0.29) is 0 Å². The van der Waals surface area contributed by atoms with Crippen LogP contribution in [0.3, 0.4) is 0 Å². The number of anilines is 1. The maximum Gasteiger partial charge on any atom is 0.0969 e. The molecule has 0 amide bonds. The van der Waals surface area contributed by atoms with Crippen molar-refractivity contribution in [2.45, 2.75) is 31.6 Å². The van der Waals surface area contributed by atoms with Crippen LogP contribution in [0.2, 0.25) is 0 Å². The molecular formula is C15H19N3S. The van der Waals surface area contributed by atoms with E-state index < -0.39 is 0 Å². The van der Waals surface area contributed by atoms with Crippen molar-refractivity contribution in [3.8, 4) is 0 Å². The second kappa shape index (κ2) is 6.57. The van der Waals surface area contributed by atoms with Gasteiger partial charge in [0.15, 0.2) is 0 Å². The maximum absolute atomic E-state index is 4.53. The van der Waals surface area contributed by atoms with Crippen LogP contribution in [0, 0.1) is 13.8 Å². The van der Waals surface area contributed by atoms with E-state index in [1.165, 1.54) is 5.56 Å². The first-order valence-corrected chi connectivity index (χ1v) is 7.43. The Kier molecular flexibility index (Phi) is 4.80. The molecule has 2 heterocycles. The van der Waals surface area contributed by atoms with Crippen LogP contribution in [-0.4, -0.2) is 16.5 Å². The zero-order chi connectivity index (χ0) is 13.7. The Morgan fingerprint density at radius 2 is 2.05 bits per heavy atom. The van der Waals surface area contributed by atoms with Crippen molar-refractivity contribution in [1.82, 2.24) is 9.97 Å². The highest BCUT2D eigenvalue weighted by atomic mass is 32.2. The Morgan fingerprint density at radius 1 is 1.21 bits per heavy atom. The van der Waals surface area contributed by atoms with Gasteiger partial charge in [-0.1, -0.05) is 0 Å². The van der Waals surface area contributed by atoms with E-state index in [2.05, 4.69) is 47.3 Å². The lowest BCUT2D eigenvalue weighted by Crippen LogP contribution is -1.98. The molecule has 19 heavy (non-hydrogen) atoms. The van der Waals surface area contributed by atoms with E-state index in [1.807, 2.05) is 19.2 Å². The van der Waals surface area contributed by atoms with E-state index in [0.29, 0.717) is 0 Å². The SMILES string of the molecule is CCNc1ccnc(CSc2cc(C)cc(C)n2)c1. The third-order valence-electron chi connectivity index (χ3n) is 2.64. The zero-order valence-electron chi connectivity index (χ0n) is 11.6. The van der Waals surface area contributed by atoms with Gasteiger partial charge in [-0.25, -0.2) is 4.98 Å². The summed E-state index contributed by atoms with van der Waals surface area (Å²) < 4.78 is 0. The molecule has 0 fully saturated rings. The van der Waals surface area contributed by atoms with E-state index in [9.17, 15) is 0 Å². The first kappa shape index (κ1) is 13.9. The van der Waals surface area contributed by atoms with Crippen molar-refractivity contribution in [1.29, 1.82) is 0 Å². The van der Waals surface area contributed by atoms with Crippen LogP contribution in [0.15, 0.2) is 35.5 Å². The maximum atomic E-state index is 4.53. The molecule has 0 saturated carbocycles. The molecule has 0 bridgehead atoms. The van der Waals surface area contributed by atoms with E-state index in [1.54, 1.807) is 11.8 Å². The molecule has 0 saturated heterocycles. The van der Waals surface area contributed by atoms with Crippen LogP contribution >= 0.6 is 11.8 Å². The summed E-state index contributed by atoms with van der Waals surface area (Å²) in [6, 6.07) is 8.30. The molecule has 0 aliphatic carbocycles. The molecule has 1 N–H and O–H groups in total. The highest BCUT2D eigenvalue weighted by Crippen LogP contribution is 2.22. The van der Waals surface area contributed by atoms with Crippen molar-refractivity contribution in [3.63, 3.8) is 0 Å². The zero-order valence-corrected chi connectivity index (χ0v) is 12.4. The number of nitrogens with zero attached hydrogens (tertiary/aromatic N) is 2. The second-order valence-electron chi connectivity index (χ2n) is 4.48. The molecule has 0 spiro atoms. The van der Waals surface area contributed by atoms with Crippen LogP contribution in [0.25, 0.3) is 0 Å². The van der Waals surface area contributed by atoms with Gasteiger partial charge in [0.05, 0.1) is 10.7 Å². The van der Waals surface area contributed by atoms with Crippen molar-refractivity contribution in [3.05, 3.63) is 47.4 Å².